The second kappa shape index (κ2) is 7.87. The van der Waals surface area contributed by atoms with Gasteiger partial charge in [-0.2, -0.15) is 4.98 Å². The zero-order chi connectivity index (χ0) is 20.5. The van der Waals surface area contributed by atoms with Crippen molar-refractivity contribution in [3.8, 4) is 11.8 Å². The van der Waals surface area contributed by atoms with Crippen LogP contribution in [0, 0.1) is 6.92 Å². The fourth-order valence-corrected chi connectivity index (χ4v) is 4.05. The van der Waals surface area contributed by atoms with E-state index in [0.717, 1.165) is 47.4 Å². The Morgan fingerprint density at radius 3 is 2.79 bits per heavy atom. The minimum atomic E-state index is 0.0573. The highest BCUT2D eigenvalue weighted by Gasteiger charge is 2.29. The molecule has 0 fully saturated rings. The quantitative estimate of drug-likeness (QED) is 0.714. The maximum Gasteiger partial charge on any atom is 0.316 e. The third-order valence-corrected chi connectivity index (χ3v) is 5.60. The highest BCUT2D eigenvalue weighted by Crippen LogP contribution is 2.39. The fraction of sp³-hybridized carbons (Fsp3) is 0.391. The van der Waals surface area contributed by atoms with Gasteiger partial charge in [0.25, 0.3) is 0 Å². The molecule has 0 bridgehead atoms. The topological polar surface area (TPSA) is 61.7 Å². The summed E-state index contributed by atoms with van der Waals surface area (Å²) in [6.45, 7) is 6.42. The Morgan fingerprint density at radius 2 is 2.00 bits per heavy atom. The summed E-state index contributed by atoms with van der Waals surface area (Å²) in [4.78, 5) is 13.7. The predicted octanol–water partition coefficient (Wildman–Crippen LogP) is 3.71. The molecular weight excluding hydrogens is 364 g/mol. The van der Waals surface area contributed by atoms with Gasteiger partial charge in [0.05, 0.1) is 11.7 Å². The van der Waals surface area contributed by atoms with E-state index >= 15 is 0 Å². The third kappa shape index (κ3) is 3.85. The number of hydrogen-bond donors (Lipinski definition) is 1. The molecule has 0 saturated heterocycles. The number of phenols is 1. The van der Waals surface area contributed by atoms with Gasteiger partial charge in [-0.1, -0.05) is 24.3 Å². The van der Waals surface area contributed by atoms with Crippen molar-refractivity contribution in [2.24, 2.45) is 0 Å². The molecule has 2 aromatic carbocycles. The number of benzene rings is 2. The zero-order valence-electron chi connectivity index (χ0n) is 17.5. The molecule has 0 radical (unpaired) electrons. The summed E-state index contributed by atoms with van der Waals surface area (Å²) in [6, 6.07) is 12.3. The van der Waals surface area contributed by atoms with Crippen LogP contribution in [0.15, 0.2) is 36.4 Å². The fourth-order valence-electron chi connectivity index (χ4n) is 4.05. The Labute approximate surface area is 171 Å². The van der Waals surface area contributed by atoms with E-state index in [-0.39, 0.29) is 11.8 Å². The molecule has 1 aromatic heterocycles. The van der Waals surface area contributed by atoms with Crippen LogP contribution in [-0.4, -0.2) is 53.8 Å². The summed E-state index contributed by atoms with van der Waals surface area (Å²) in [5, 5.41) is 12.4. The average molecular weight is 393 g/mol. The summed E-state index contributed by atoms with van der Waals surface area (Å²) in [5.41, 5.74) is 4.24. The van der Waals surface area contributed by atoms with E-state index in [9.17, 15) is 5.11 Å². The van der Waals surface area contributed by atoms with E-state index in [4.69, 9.17) is 9.72 Å². The number of phenolic OH excluding ortho intramolecular Hbond substituents is 1. The number of fused-ring (bicyclic) bond motifs is 2. The lowest BCUT2D eigenvalue weighted by molar-refractivity contribution is 0.243. The molecule has 6 heteroatoms. The number of anilines is 1. The molecule has 1 N–H and O–H groups in total. The molecule has 0 spiro atoms. The molecule has 152 valence electrons. The summed E-state index contributed by atoms with van der Waals surface area (Å²) < 4.78 is 5.82. The number of nitrogens with zero attached hydrogens (tertiary/aromatic N) is 4. The van der Waals surface area contributed by atoms with Gasteiger partial charge in [0.1, 0.15) is 12.4 Å². The molecule has 0 saturated carbocycles. The first-order valence-corrected chi connectivity index (χ1v) is 10.1. The van der Waals surface area contributed by atoms with Crippen molar-refractivity contribution in [3.63, 3.8) is 0 Å². The molecular formula is C23H28N4O2. The van der Waals surface area contributed by atoms with E-state index in [1.165, 1.54) is 5.56 Å². The van der Waals surface area contributed by atoms with Crippen LogP contribution in [0.5, 0.6) is 11.8 Å². The standard InChI is InChI=1S/C23H28N4O2/c1-15-19-9-10-27(21-14-18(28)13-17-7-5-6-8-20(17)21)16(2)22(19)25-23(24-15)29-12-11-26(3)4/h5-8,13-14,16,28H,9-12H2,1-4H3. The van der Waals surface area contributed by atoms with Gasteiger partial charge < -0.3 is 19.6 Å². The third-order valence-electron chi connectivity index (χ3n) is 5.60. The van der Waals surface area contributed by atoms with Gasteiger partial charge in [-0.15, -0.1) is 0 Å². The van der Waals surface area contributed by atoms with Gasteiger partial charge in [-0.05, 0) is 51.4 Å². The molecule has 1 aliphatic heterocycles. The Bertz CT molecular complexity index is 1030. The van der Waals surface area contributed by atoms with Gasteiger partial charge in [0.15, 0.2) is 0 Å². The smallest absolute Gasteiger partial charge is 0.316 e. The monoisotopic (exact) mass is 392 g/mol. The van der Waals surface area contributed by atoms with Gasteiger partial charge in [-0.25, -0.2) is 4.98 Å². The van der Waals surface area contributed by atoms with Crippen LogP contribution in [0.1, 0.15) is 29.9 Å². The van der Waals surface area contributed by atoms with E-state index in [2.05, 4.69) is 27.8 Å². The largest absolute Gasteiger partial charge is 0.508 e. The lowest BCUT2D eigenvalue weighted by Gasteiger charge is -2.37. The van der Waals surface area contributed by atoms with Crippen LogP contribution in [0.3, 0.4) is 0 Å². The van der Waals surface area contributed by atoms with E-state index in [1.807, 2.05) is 51.4 Å². The maximum atomic E-state index is 10.3. The Kier molecular flexibility index (Phi) is 5.28. The van der Waals surface area contributed by atoms with Gasteiger partial charge in [0.2, 0.25) is 0 Å². The van der Waals surface area contributed by atoms with E-state index < -0.39 is 0 Å². The van der Waals surface area contributed by atoms with Crippen LogP contribution in [0.25, 0.3) is 10.8 Å². The van der Waals surface area contributed by atoms with Crippen molar-refractivity contribution in [1.82, 2.24) is 14.9 Å². The van der Waals surface area contributed by atoms with Crippen LogP contribution in [0.4, 0.5) is 5.69 Å². The van der Waals surface area contributed by atoms with E-state index in [0.29, 0.717) is 12.6 Å². The number of likely N-dealkylation sites (N-methyl/N-ethyl adjacent to an activating group) is 1. The molecule has 2 heterocycles. The van der Waals surface area contributed by atoms with Gasteiger partial charge >= 0.3 is 6.01 Å². The molecule has 1 unspecified atom stereocenters. The Balaban J connectivity index is 1.69. The number of aromatic nitrogens is 2. The van der Waals surface area contributed by atoms with Crippen molar-refractivity contribution in [2.75, 3.05) is 38.7 Å². The van der Waals surface area contributed by atoms with Crippen LogP contribution in [-0.2, 0) is 6.42 Å². The summed E-state index contributed by atoms with van der Waals surface area (Å²) in [7, 11) is 4.03. The first-order valence-electron chi connectivity index (χ1n) is 10.1. The molecule has 29 heavy (non-hydrogen) atoms. The van der Waals surface area contributed by atoms with Gasteiger partial charge in [-0.3, -0.25) is 0 Å². The van der Waals surface area contributed by atoms with Crippen molar-refractivity contribution in [2.45, 2.75) is 26.3 Å². The van der Waals surface area contributed by atoms with Crippen LogP contribution >= 0.6 is 0 Å². The first-order chi connectivity index (χ1) is 13.9. The highest BCUT2D eigenvalue weighted by molar-refractivity contribution is 5.96. The lowest BCUT2D eigenvalue weighted by Crippen LogP contribution is -2.35. The lowest BCUT2D eigenvalue weighted by atomic mass is 9.95. The maximum absolute atomic E-state index is 10.3. The predicted molar refractivity (Wildman–Crippen MR) is 116 cm³/mol. The van der Waals surface area contributed by atoms with Crippen molar-refractivity contribution in [3.05, 3.63) is 53.3 Å². The van der Waals surface area contributed by atoms with Crippen molar-refractivity contribution in [1.29, 1.82) is 0 Å². The second-order valence-corrected chi connectivity index (χ2v) is 7.91. The number of aromatic hydroxyl groups is 1. The van der Waals surface area contributed by atoms with Crippen molar-refractivity contribution >= 4 is 16.5 Å². The van der Waals surface area contributed by atoms with Gasteiger partial charge in [0, 0.05) is 35.9 Å². The molecule has 0 amide bonds. The number of ether oxygens (including phenoxy) is 1. The SMILES string of the molecule is Cc1nc(OCCN(C)C)nc2c1CCN(c1cc(O)cc3ccccc13)C2C. The highest BCUT2D eigenvalue weighted by atomic mass is 16.5. The molecule has 4 rings (SSSR count). The Hall–Kier alpha value is -2.86. The molecule has 1 aliphatic rings. The zero-order valence-corrected chi connectivity index (χ0v) is 17.5. The Morgan fingerprint density at radius 1 is 1.21 bits per heavy atom. The minimum absolute atomic E-state index is 0.0573. The normalized spacial score (nSPS) is 16.3. The molecule has 6 nitrogen and oxygen atoms in total. The average Bonchev–Trinajstić information content (AvgIpc) is 2.68. The second-order valence-electron chi connectivity index (χ2n) is 7.91. The molecule has 0 aliphatic carbocycles. The number of aryl methyl sites for hydroxylation is 1. The van der Waals surface area contributed by atoms with E-state index in [1.54, 1.807) is 0 Å². The minimum Gasteiger partial charge on any atom is -0.508 e. The summed E-state index contributed by atoms with van der Waals surface area (Å²) in [5.74, 6) is 0.281. The summed E-state index contributed by atoms with van der Waals surface area (Å²) in [6.07, 6.45) is 0.869. The van der Waals surface area contributed by atoms with Crippen molar-refractivity contribution < 1.29 is 9.84 Å². The molecule has 1 atom stereocenters. The summed E-state index contributed by atoms with van der Waals surface area (Å²) >= 11 is 0. The number of hydrogen-bond acceptors (Lipinski definition) is 6. The number of rotatable bonds is 5. The molecule has 3 aromatic rings. The van der Waals surface area contributed by atoms with Crippen LogP contribution in [0.2, 0.25) is 0 Å². The first kappa shape index (κ1) is 19.5. The van der Waals surface area contributed by atoms with Crippen LogP contribution < -0.4 is 9.64 Å².